The molecule has 2 aliphatic rings. The van der Waals surface area contributed by atoms with Crippen molar-refractivity contribution in [1.82, 2.24) is 4.90 Å². The van der Waals surface area contributed by atoms with Gasteiger partial charge >= 0.3 is 17.1 Å². The molecule has 0 aliphatic carbocycles. The maximum Gasteiger partial charge on any atom is 1.00 e. The molecule has 44 heavy (non-hydrogen) atoms. The summed E-state index contributed by atoms with van der Waals surface area (Å²) in [6, 6.07) is 45.4. The molecule has 0 fully saturated rings. The van der Waals surface area contributed by atoms with Crippen molar-refractivity contribution in [1.29, 1.82) is 0 Å². The summed E-state index contributed by atoms with van der Waals surface area (Å²) in [7, 11) is -0.212. The molecule has 0 amide bonds. The Kier molecular flexibility index (Phi) is 9.90. The molecule has 0 aromatic heterocycles. The average Bonchev–Trinajstić information content (AvgIpc) is 3.42. The number of fused-ring (bicyclic) bond motifs is 3. The van der Waals surface area contributed by atoms with E-state index in [-0.39, 0.29) is 37.9 Å². The fraction of sp³-hybridized carbons (Fsp3) is 0.179. The summed E-state index contributed by atoms with van der Waals surface area (Å²) in [4.78, 5) is 10.1. The van der Waals surface area contributed by atoms with Crippen molar-refractivity contribution in [2.45, 2.75) is 45.9 Å². The van der Waals surface area contributed by atoms with Gasteiger partial charge in [-0.25, -0.2) is 0 Å². The first-order chi connectivity index (χ1) is 20.9. The summed E-state index contributed by atoms with van der Waals surface area (Å²) in [6.07, 6.45) is 0. The summed E-state index contributed by atoms with van der Waals surface area (Å²) in [5, 5.41) is 1.52. The third kappa shape index (κ3) is 6.32. The molecule has 7 rings (SSSR count). The number of nitrogens with zero attached hydrogens (tertiary/aromatic N) is 3. The first kappa shape index (κ1) is 31.5. The molecule has 0 saturated carbocycles. The Bertz CT molecular complexity index is 1700. The number of benzene rings is 5. The zero-order valence-corrected chi connectivity index (χ0v) is 27.9. The predicted octanol–water partition coefficient (Wildman–Crippen LogP) is 9.07. The number of hydrogen-bond acceptors (Lipinski definition) is 3. The van der Waals surface area contributed by atoms with Crippen LogP contribution in [-0.2, 0) is 17.1 Å². The van der Waals surface area contributed by atoms with Crippen molar-refractivity contribution < 1.29 is 17.1 Å². The second kappa shape index (κ2) is 13.8. The summed E-state index contributed by atoms with van der Waals surface area (Å²) in [6.45, 7) is 13.5. The van der Waals surface area contributed by atoms with Crippen LogP contribution < -0.4 is 10.1 Å². The molecule has 5 heteroatoms. The molecule has 2 atom stereocenters. The first-order valence-corrected chi connectivity index (χ1v) is 17.6. The molecular weight excluding hydrogens is 602 g/mol. The normalized spacial score (nSPS) is 16.7. The Hall–Kier alpha value is -3.89. The van der Waals surface area contributed by atoms with Crippen molar-refractivity contribution in [2.75, 3.05) is 4.90 Å². The molecule has 5 aromatic carbocycles. The van der Waals surface area contributed by atoms with Crippen molar-refractivity contribution in [3.05, 3.63) is 167 Å². The summed E-state index contributed by atoms with van der Waals surface area (Å²) in [5.74, 6) is 1.04. The topological polar surface area (TPSA) is 18.8 Å². The van der Waals surface area contributed by atoms with E-state index in [4.69, 9.17) is 4.99 Å². The van der Waals surface area contributed by atoms with Gasteiger partial charge in [-0.1, -0.05) is 139 Å². The first-order valence-electron chi connectivity index (χ1n) is 15.1. The van der Waals surface area contributed by atoms with E-state index in [0.717, 1.165) is 5.84 Å². The van der Waals surface area contributed by atoms with Crippen LogP contribution in [0.25, 0.3) is 0 Å². The zero-order chi connectivity index (χ0) is 29.9. The van der Waals surface area contributed by atoms with Crippen LogP contribution in [0.4, 0.5) is 11.4 Å². The van der Waals surface area contributed by atoms with Crippen LogP contribution in [0.15, 0.2) is 132 Å². The van der Waals surface area contributed by atoms with Crippen LogP contribution >= 0.6 is 0 Å². The molecule has 225 valence electrons. The van der Waals surface area contributed by atoms with Gasteiger partial charge in [0.15, 0.2) is 0 Å². The molecule has 2 aliphatic heterocycles. The van der Waals surface area contributed by atoms with Gasteiger partial charge in [0.1, 0.15) is 5.84 Å². The van der Waals surface area contributed by atoms with E-state index in [1.807, 2.05) is 0 Å². The molecule has 0 unspecified atom stereocenters. The van der Waals surface area contributed by atoms with E-state index in [0.29, 0.717) is 0 Å². The standard InChI is InChI=1S/C31H28N3.C8H11Si.Cu/c1-21-18-22(2)29(23(3)19-21)33-20-34-30(25-14-8-5-9-15-25)28(24-12-6-4-7-13-24)32-31(34)26-16-10-11-17-27(26)33;1-9(2)8-6-4-3-5-7-8;/h4-20,28,30H,1-3H3;3-7H,1-2H3;/q-1;;+1/t28-,30-;;/m0../s1. The van der Waals surface area contributed by atoms with Crippen LogP contribution in [0, 0.1) is 27.4 Å². The van der Waals surface area contributed by atoms with Gasteiger partial charge < -0.3 is 9.80 Å². The average molecular weight is 641 g/mol. The number of aryl methyl sites for hydroxylation is 3. The Morgan fingerprint density at radius 2 is 1.18 bits per heavy atom. The second-order valence-electron chi connectivity index (χ2n) is 11.7. The van der Waals surface area contributed by atoms with Crippen LogP contribution in [0.1, 0.15) is 45.5 Å². The number of para-hydroxylation sites is 1. The van der Waals surface area contributed by atoms with E-state index in [2.05, 4.69) is 178 Å². The third-order valence-corrected chi connectivity index (χ3v) is 9.75. The number of amidine groups is 1. The quantitative estimate of drug-likeness (QED) is 0.144. The molecule has 0 bridgehead atoms. The van der Waals surface area contributed by atoms with Crippen molar-refractivity contribution >= 4 is 31.2 Å². The monoisotopic (exact) mass is 640 g/mol. The number of anilines is 2. The largest absolute Gasteiger partial charge is 1.00 e. The maximum atomic E-state index is 5.35. The van der Waals surface area contributed by atoms with Gasteiger partial charge in [-0.15, -0.1) is 6.67 Å². The van der Waals surface area contributed by atoms with Gasteiger partial charge in [0.05, 0.1) is 20.9 Å². The van der Waals surface area contributed by atoms with Crippen LogP contribution in [0.2, 0.25) is 13.1 Å². The van der Waals surface area contributed by atoms with Crippen LogP contribution in [0.3, 0.4) is 0 Å². The van der Waals surface area contributed by atoms with Gasteiger partial charge in [-0.2, -0.15) is 0 Å². The van der Waals surface area contributed by atoms with Gasteiger partial charge in [0.2, 0.25) is 0 Å². The van der Waals surface area contributed by atoms with Crippen molar-refractivity contribution in [3.8, 4) is 0 Å². The third-order valence-electron chi connectivity index (χ3n) is 8.26. The molecule has 1 radical (unpaired) electrons. The van der Waals surface area contributed by atoms with E-state index in [1.54, 1.807) is 0 Å². The Morgan fingerprint density at radius 1 is 0.659 bits per heavy atom. The van der Waals surface area contributed by atoms with Crippen molar-refractivity contribution in [2.24, 2.45) is 4.99 Å². The number of rotatable bonds is 4. The predicted molar refractivity (Wildman–Crippen MR) is 184 cm³/mol. The van der Waals surface area contributed by atoms with Gasteiger partial charge in [0, 0.05) is 16.9 Å². The Balaban J connectivity index is 0.000000333. The van der Waals surface area contributed by atoms with E-state index in [1.165, 1.54) is 49.9 Å². The summed E-state index contributed by atoms with van der Waals surface area (Å²) < 4.78 is 0. The fourth-order valence-corrected chi connectivity index (χ4v) is 7.21. The summed E-state index contributed by atoms with van der Waals surface area (Å²) in [5.41, 5.74) is 9.93. The van der Waals surface area contributed by atoms with Gasteiger partial charge in [-0.05, 0) is 55.2 Å². The molecule has 0 spiro atoms. The minimum absolute atomic E-state index is 0. The Labute approximate surface area is 275 Å². The van der Waals surface area contributed by atoms with Crippen LogP contribution in [-0.4, -0.2) is 19.5 Å². The Morgan fingerprint density at radius 3 is 1.75 bits per heavy atom. The smallest absolute Gasteiger partial charge is 0.479 e. The molecule has 3 nitrogen and oxygen atoms in total. The molecule has 0 saturated heterocycles. The van der Waals surface area contributed by atoms with Gasteiger partial charge in [-0.3, -0.25) is 4.99 Å². The minimum atomic E-state index is -0.212. The zero-order valence-electron chi connectivity index (χ0n) is 26.0. The molecule has 5 aromatic rings. The second-order valence-corrected chi connectivity index (χ2v) is 14.3. The molecule has 2 heterocycles. The van der Waals surface area contributed by atoms with Crippen molar-refractivity contribution in [3.63, 3.8) is 0 Å². The minimum Gasteiger partial charge on any atom is -0.479 e. The SMILES string of the molecule is C[Si](C)c1ccccc1.Cc1cc(C)c(N2[CH-]N3C(=N[C@@H](c4ccccc4)[C@@H]3c3ccccc3)c3ccccc32)c(C)c1.[Cu+]. The maximum absolute atomic E-state index is 5.35. The molecular formula is C39H39CuN3Si. The number of aliphatic imine (C=N–C) groups is 1. The van der Waals surface area contributed by atoms with E-state index in [9.17, 15) is 0 Å². The fourth-order valence-electron chi connectivity index (χ4n) is 6.35. The van der Waals surface area contributed by atoms with Gasteiger partial charge in [0.25, 0.3) is 0 Å². The summed E-state index contributed by atoms with van der Waals surface area (Å²) >= 11 is 0. The molecule has 0 N–H and O–H groups in total. The van der Waals surface area contributed by atoms with Crippen LogP contribution in [0.5, 0.6) is 0 Å². The van der Waals surface area contributed by atoms with E-state index >= 15 is 0 Å². The van der Waals surface area contributed by atoms with E-state index < -0.39 is 0 Å². The number of hydrogen-bond donors (Lipinski definition) is 0.